The number of carbonyl (C=O) groups is 1. The number of hydrogen-bond acceptors (Lipinski definition) is 2. The van der Waals surface area contributed by atoms with Gasteiger partial charge in [0, 0.05) is 11.9 Å². The van der Waals surface area contributed by atoms with E-state index < -0.39 is 43.8 Å². The summed E-state index contributed by atoms with van der Waals surface area (Å²) in [5.41, 5.74) is 0. The molecule has 0 amide bonds. The standard InChI is InChI=1S/C6H13NO3/c1-7(2,10)5-3-4-6(8)9/h3-5H2,1-2H3,(H,8,9)/i1D3,2D3,3D2,4D2,5D2. The molecular formula is C6H13NO3. The second-order valence-electron chi connectivity index (χ2n) is 1.28. The summed E-state index contributed by atoms with van der Waals surface area (Å²) in [5, 5.41) is 21.0. The summed E-state index contributed by atoms with van der Waals surface area (Å²) < 4.78 is 81.4. The molecule has 0 unspecified atom stereocenters. The van der Waals surface area contributed by atoms with E-state index in [-0.39, 0.29) is 0 Å². The van der Waals surface area contributed by atoms with Gasteiger partial charge in [0.15, 0.2) is 0 Å². The Morgan fingerprint density at radius 2 is 2.50 bits per heavy atom. The van der Waals surface area contributed by atoms with Crippen LogP contribution in [0.1, 0.15) is 29.2 Å². The predicted octanol–water partition coefficient (Wildman–Crippen LogP) is 0.425. The van der Waals surface area contributed by atoms with Crippen LogP contribution < -0.4 is 0 Å². The Labute approximate surface area is 77.1 Å². The van der Waals surface area contributed by atoms with Gasteiger partial charge in [-0.15, -0.1) is 0 Å². The third-order valence-corrected chi connectivity index (χ3v) is 0.383. The highest BCUT2D eigenvalue weighted by Crippen LogP contribution is 1.97. The smallest absolute Gasteiger partial charge is 0.303 e. The van der Waals surface area contributed by atoms with Crippen LogP contribution in [0.5, 0.6) is 0 Å². The van der Waals surface area contributed by atoms with Crippen molar-refractivity contribution >= 4 is 5.97 Å². The van der Waals surface area contributed by atoms with Crippen molar-refractivity contribution in [3.63, 3.8) is 0 Å². The molecule has 0 spiro atoms. The summed E-state index contributed by atoms with van der Waals surface area (Å²) in [7, 11) is 0. The van der Waals surface area contributed by atoms with E-state index in [1.165, 1.54) is 0 Å². The van der Waals surface area contributed by atoms with Crippen LogP contribution in [0.25, 0.3) is 0 Å². The Morgan fingerprint density at radius 1 is 1.90 bits per heavy atom. The molecule has 0 aromatic rings. The van der Waals surface area contributed by atoms with E-state index in [1.54, 1.807) is 0 Å². The lowest BCUT2D eigenvalue weighted by Crippen LogP contribution is -2.33. The van der Waals surface area contributed by atoms with Crippen LogP contribution in [0.15, 0.2) is 0 Å². The minimum absolute atomic E-state index is 2.52. The van der Waals surface area contributed by atoms with E-state index in [2.05, 4.69) is 0 Å². The molecule has 4 nitrogen and oxygen atoms in total. The van der Waals surface area contributed by atoms with Crippen LogP contribution in [0, 0.1) is 5.21 Å². The Balaban J connectivity index is 6.58. The summed E-state index contributed by atoms with van der Waals surface area (Å²) in [4.78, 5) is 10.8. The summed E-state index contributed by atoms with van der Waals surface area (Å²) in [6.45, 7) is -12.8. The van der Waals surface area contributed by atoms with Gasteiger partial charge in [0.1, 0.15) is 0 Å². The van der Waals surface area contributed by atoms with Gasteiger partial charge in [-0.25, -0.2) is 0 Å². The zero-order chi connectivity index (χ0) is 18.6. The zero-order valence-corrected chi connectivity index (χ0v) is 4.71. The molecule has 0 heterocycles. The third-order valence-electron chi connectivity index (χ3n) is 0.383. The fourth-order valence-electron chi connectivity index (χ4n) is 0.160. The van der Waals surface area contributed by atoms with Gasteiger partial charge in [0.05, 0.1) is 37.8 Å². The lowest BCUT2D eigenvalue weighted by Gasteiger charge is -2.33. The Morgan fingerprint density at radius 3 is 2.90 bits per heavy atom. The lowest BCUT2D eigenvalue weighted by molar-refractivity contribution is -0.840. The fourth-order valence-corrected chi connectivity index (χ4v) is 0.160. The van der Waals surface area contributed by atoms with E-state index in [0.717, 1.165) is 0 Å². The molecule has 60 valence electrons. The fraction of sp³-hybridized carbons (Fsp3) is 0.833. The quantitative estimate of drug-likeness (QED) is 0.478. The Bertz CT molecular complexity index is 437. The average Bonchev–Trinajstić information content (AvgIpc) is 2.23. The van der Waals surface area contributed by atoms with Crippen LogP contribution in [-0.2, 0) is 4.79 Å². The van der Waals surface area contributed by atoms with Gasteiger partial charge in [-0.05, 0) is 0 Å². The summed E-state index contributed by atoms with van der Waals surface area (Å²) in [5.74, 6) is -2.52. The molecule has 0 aliphatic heterocycles. The van der Waals surface area contributed by atoms with Gasteiger partial charge in [0.2, 0.25) is 0 Å². The average molecular weight is 159 g/mol. The molecule has 10 heavy (non-hydrogen) atoms. The van der Waals surface area contributed by atoms with Gasteiger partial charge >= 0.3 is 5.97 Å². The maximum Gasteiger partial charge on any atom is 0.303 e. The minimum atomic E-state index is -4.48. The van der Waals surface area contributed by atoms with E-state index in [0.29, 0.717) is 0 Å². The van der Waals surface area contributed by atoms with Crippen LogP contribution in [0.3, 0.4) is 0 Å². The SMILES string of the molecule is [2H]C([2H])(C(=O)O)C([2H])([2H])C([2H])([2H])[N+]([O-])(C([2H])([2H])[2H])C([2H])([2H])[2H]. The van der Waals surface area contributed by atoms with Crippen molar-refractivity contribution in [1.29, 1.82) is 0 Å². The molecule has 0 fully saturated rings. The number of aliphatic carboxylic acids is 1. The lowest BCUT2D eigenvalue weighted by atomic mass is 10.3. The van der Waals surface area contributed by atoms with Gasteiger partial charge in [-0.3, -0.25) is 4.79 Å². The summed E-state index contributed by atoms with van der Waals surface area (Å²) >= 11 is 0. The molecule has 0 bridgehead atoms. The summed E-state index contributed by atoms with van der Waals surface area (Å²) in [6, 6.07) is 0. The molecule has 1 N–H and O–H groups in total. The summed E-state index contributed by atoms with van der Waals surface area (Å²) in [6.07, 6.45) is -8.35. The number of nitrogens with zero attached hydrogens (tertiary/aromatic N) is 1. The van der Waals surface area contributed by atoms with Crippen molar-refractivity contribution in [2.24, 2.45) is 0 Å². The second-order valence-corrected chi connectivity index (χ2v) is 1.28. The van der Waals surface area contributed by atoms with Crippen LogP contribution in [0.4, 0.5) is 0 Å². The van der Waals surface area contributed by atoms with E-state index in [9.17, 15) is 10.0 Å². The number of hydrogen-bond donors (Lipinski definition) is 1. The maximum absolute atomic E-state index is 12.3. The van der Waals surface area contributed by atoms with Gasteiger partial charge < -0.3 is 15.0 Å². The van der Waals surface area contributed by atoms with E-state index in [4.69, 9.17) is 21.6 Å². The first-order valence-corrected chi connectivity index (χ1v) is 2.03. The molecule has 0 aliphatic carbocycles. The normalized spacial score (nSPS) is 36.1. The molecule has 4 heteroatoms. The van der Waals surface area contributed by atoms with Gasteiger partial charge in [-0.1, -0.05) is 0 Å². The van der Waals surface area contributed by atoms with Crippen molar-refractivity contribution in [2.45, 2.75) is 12.7 Å². The minimum Gasteiger partial charge on any atom is -0.633 e. The van der Waals surface area contributed by atoms with Gasteiger partial charge in [-0.2, -0.15) is 0 Å². The highest BCUT2D eigenvalue weighted by atomic mass is 16.5. The first-order valence-electron chi connectivity index (χ1n) is 8.03. The molecule has 0 radical (unpaired) electrons. The highest BCUT2D eigenvalue weighted by Gasteiger charge is 2.03. The monoisotopic (exact) mass is 159 g/mol. The van der Waals surface area contributed by atoms with Crippen LogP contribution in [0.2, 0.25) is 0 Å². The number of hydroxylamine groups is 3. The highest BCUT2D eigenvalue weighted by molar-refractivity contribution is 5.66. The van der Waals surface area contributed by atoms with Crippen molar-refractivity contribution in [2.75, 3.05) is 20.4 Å². The number of rotatable bonds is 4. The molecule has 0 aromatic carbocycles. The van der Waals surface area contributed by atoms with Crippen molar-refractivity contribution < 1.29 is 31.0 Å². The predicted molar refractivity (Wildman–Crippen MR) is 37.2 cm³/mol. The molecule has 0 rings (SSSR count). The van der Waals surface area contributed by atoms with Crippen molar-refractivity contribution in [3.05, 3.63) is 5.21 Å². The number of carboxylic acids is 1. The van der Waals surface area contributed by atoms with Crippen LogP contribution >= 0.6 is 0 Å². The molecule has 0 saturated heterocycles. The van der Waals surface area contributed by atoms with E-state index in [1.807, 2.05) is 0 Å². The molecule has 0 aromatic heterocycles. The largest absolute Gasteiger partial charge is 0.633 e. The number of quaternary nitrogens is 1. The third kappa shape index (κ3) is 7.39. The second kappa shape index (κ2) is 3.53. The maximum atomic E-state index is 12.3. The molecular weight excluding hydrogens is 134 g/mol. The van der Waals surface area contributed by atoms with Crippen molar-refractivity contribution in [1.82, 2.24) is 0 Å². The van der Waals surface area contributed by atoms with Crippen LogP contribution in [-0.4, -0.2) is 36.2 Å². The first kappa shape index (κ1) is 1.59. The topological polar surface area (TPSA) is 60.4 Å². The Hall–Kier alpha value is -0.610. The zero-order valence-electron chi connectivity index (χ0n) is 16.7. The number of carboxylic acid groups (broad SMARTS) is 1. The van der Waals surface area contributed by atoms with Gasteiger partial charge in [0.25, 0.3) is 0 Å². The molecule has 0 atom stereocenters. The molecule has 0 aliphatic rings. The van der Waals surface area contributed by atoms with Crippen molar-refractivity contribution in [3.8, 4) is 0 Å². The van der Waals surface area contributed by atoms with E-state index >= 15 is 0 Å². The first-order chi connectivity index (χ1) is 9.19. The Kier molecular flexibility index (Phi) is 0.562. The molecule has 0 saturated carbocycles.